The van der Waals surface area contributed by atoms with Crippen LogP contribution in [0.1, 0.15) is 10.4 Å². The zero-order chi connectivity index (χ0) is 17.5. The summed E-state index contributed by atoms with van der Waals surface area (Å²) in [5.74, 6) is 0.439. The van der Waals surface area contributed by atoms with Crippen LogP contribution < -0.4 is 15.0 Å². The number of hydrogen-bond acceptors (Lipinski definition) is 6. The van der Waals surface area contributed by atoms with Crippen molar-refractivity contribution in [3.05, 3.63) is 48.0 Å². The van der Waals surface area contributed by atoms with Crippen LogP contribution in [-0.2, 0) is 4.74 Å². The topological polar surface area (TPSA) is 76.6 Å². The van der Waals surface area contributed by atoms with Gasteiger partial charge in [0.15, 0.2) is 0 Å². The smallest absolute Gasteiger partial charge is 0.251 e. The molecule has 0 spiro atoms. The van der Waals surface area contributed by atoms with Gasteiger partial charge in [0.25, 0.3) is 5.91 Å². The number of carbonyl (C=O) groups is 1. The second-order valence-corrected chi connectivity index (χ2v) is 5.43. The lowest BCUT2D eigenvalue weighted by Crippen LogP contribution is -2.36. The van der Waals surface area contributed by atoms with Crippen LogP contribution in [0, 0.1) is 5.82 Å². The Kier molecular flexibility index (Phi) is 5.73. The molecule has 2 aromatic rings. The number of hydrogen-bond donors (Lipinski definition) is 1. The van der Waals surface area contributed by atoms with Gasteiger partial charge in [0.1, 0.15) is 24.6 Å². The van der Waals surface area contributed by atoms with Gasteiger partial charge in [0, 0.05) is 24.7 Å². The molecule has 1 fully saturated rings. The highest BCUT2D eigenvalue weighted by atomic mass is 19.1. The number of carbonyl (C=O) groups excluding carboxylic acids is 1. The Morgan fingerprint density at radius 3 is 2.92 bits per heavy atom. The quantitative estimate of drug-likeness (QED) is 0.794. The Morgan fingerprint density at radius 1 is 1.28 bits per heavy atom. The molecular formula is C17H19FN4O3. The Labute approximate surface area is 144 Å². The molecule has 0 radical (unpaired) electrons. The molecule has 0 saturated carbocycles. The fourth-order valence-corrected chi connectivity index (χ4v) is 2.43. The number of amides is 1. The highest BCUT2D eigenvalue weighted by molar-refractivity contribution is 5.94. The standard InChI is InChI=1S/C17H19FN4O3/c18-14-3-1-2-13(10-14)17(23)19-4-7-25-16-11-15(20-12-21-16)22-5-8-24-9-6-22/h1-3,10-12H,4-9H2,(H,19,23). The predicted octanol–water partition coefficient (Wildman–Crippen LogP) is 1.26. The molecule has 1 aromatic carbocycles. The third-order valence-corrected chi connectivity index (χ3v) is 3.69. The first-order chi connectivity index (χ1) is 12.2. The first-order valence-corrected chi connectivity index (χ1v) is 8.04. The Morgan fingerprint density at radius 2 is 2.12 bits per heavy atom. The summed E-state index contributed by atoms with van der Waals surface area (Å²) in [6.07, 6.45) is 1.45. The van der Waals surface area contributed by atoms with Gasteiger partial charge in [0.05, 0.1) is 19.8 Å². The minimum atomic E-state index is -0.444. The number of nitrogens with one attached hydrogen (secondary N) is 1. The normalized spacial score (nSPS) is 14.2. The summed E-state index contributed by atoms with van der Waals surface area (Å²) in [4.78, 5) is 22.3. The summed E-state index contributed by atoms with van der Waals surface area (Å²) < 4.78 is 24.0. The van der Waals surface area contributed by atoms with Gasteiger partial charge in [-0.15, -0.1) is 0 Å². The molecule has 1 saturated heterocycles. The Balaban J connectivity index is 1.46. The number of ether oxygens (including phenoxy) is 2. The number of anilines is 1. The summed E-state index contributed by atoms with van der Waals surface area (Å²) in [6, 6.07) is 7.29. The third-order valence-electron chi connectivity index (χ3n) is 3.69. The molecule has 1 aromatic heterocycles. The molecule has 1 N–H and O–H groups in total. The van der Waals surface area contributed by atoms with Crippen molar-refractivity contribution in [3.8, 4) is 5.88 Å². The largest absolute Gasteiger partial charge is 0.476 e. The molecule has 0 unspecified atom stereocenters. The lowest BCUT2D eigenvalue weighted by Gasteiger charge is -2.27. The van der Waals surface area contributed by atoms with Gasteiger partial charge in [-0.1, -0.05) is 6.07 Å². The average molecular weight is 346 g/mol. The van der Waals surface area contributed by atoms with Crippen LogP contribution in [-0.4, -0.2) is 55.3 Å². The second kappa shape index (κ2) is 8.39. The number of nitrogens with zero attached hydrogens (tertiary/aromatic N) is 3. The zero-order valence-corrected chi connectivity index (χ0v) is 13.7. The van der Waals surface area contributed by atoms with Crippen molar-refractivity contribution in [3.63, 3.8) is 0 Å². The van der Waals surface area contributed by atoms with E-state index in [0.717, 1.165) is 18.9 Å². The van der Waals surface area contributed by atoms with E-state index < -0.39 is 5.82 Å². The Hall–Kier alpha value is -2.74. The van der Waals surface area contributed by atoms with Gasteiger partial charge in [-0.2, -0.15) is 0 Å². The summed E-state index contributed by atoms with van der Waals surface area (Å²) in [5, 5.41) is 2.67. The molecule has 0 atom stereocenters. The maximum absolute atomic E-state index is 13.1. The van der Waals surface area contributed by atoms with Crippen LogP contribution in [0.25, 0.3) is 0 Å². The first-order valence-electron chi connectivity index (χ1n) is 8.04. The summed E-state index contributed by atoms with van der Waals surface area (Å²) in [7, 11) is 0. The van der Waals surface area contributed by atoms with E-state index in [1.54, 1.807) is 12.1 Å². The number of halogens is 1. The molecule has 25 heavy (non-hydrogen) atoms. The van der Waals surface area contributed by atoms with Gasteiger partial charge >= 0.3 is 0 Å². The molecular weight excluding hydrogens is 327 g/mol. The van der Waals surface area contributed by atoms with E-state index in [9.17, 15) is 9.18 Å². The molecule has 1 aliphatic rings. The van der Waals surface area contributed by atoms with Crippen molar-refractivity contribution < 1.29 is 18.7 Å². The molecule has 3 rings (SSSR count). The summed E-state index contributed by atoms with van der Waals surface area (Å²) in [6.45, 7) is 3.44. The molecule has 1 amide bonds. The van der Waals surface area contributed by atoms with Crippen LogP contribution in [0.5, 0.6) is 5.88 Å². The molecule has 2 heterocycles. The maximum atomic E-state index is 13.1. The maximum Gasteiger partial charge on any atom is 0.251 e. The molecule has 0 aliphatic carbocycles. The number of aromatic nitrogens is 2. The van der Waals surface area contributed by atoms with Gasteiger partial charge in [-0.25, -0.2) is 14.4 Å². The van der Waals surface area contributed by atoms with Crippen LogP contribution in [0.3, 0.4) is 0 Å². The number of morpholine rings is 1. The Bertz CT molecular complexity index is 723. The van der Waals surface area contributed by atoms with E-state index >= 15 is 0 Å². The van der Waals surface area contributed by atoms with Crippen LogP contribution in [0.4, 0.5) is 10.2 Å². The summed E-state index contributed by atoms with van der Waals surface area (Å²) >= 11 is 0. The molecule has 8 heteroatoms. The van der Waals surface area contributed by atoms with E-state index in [-0.39, 0.29) is 24.6 Å². The second-order valence-electron chi connectivity index (χ2n) is 5.43. The summed E-state index contributed by atoms with van der Waals surface area (Å²) in [5.41, 5.74) is 0.275. The van der Waals surface area contributed by atoms with Crippen molar-refractivity contribution in [2.45, 2.75) is 0 Å². The minimum Gasteiger partial charge on any atom is -0.476 e. The van der Waals surface area contributed by atoms with Gasteiger partial charge in [-0.05, 0) is 18.2 Å². The zero-order valence-electron chi connectivity index (χ0n) is 13.7. The number of rotatable bonds is 6. The number of benzene rings is 1. The van der Waals surface area contributed by atoms with E-state index in [4.69, 9.17) is 9.47 Å². The molecule has 0 bridgehead atoms. The van der Waals surface area contributed by atoms with E-state index in [1.165, 1.54) is 24.5 Å². The molecule has 1 aliphatic heterocycles. The van der Waals surface area contributed by atoms with Crippen LogP contribution in [0.2, 0.25) is 0 Å². The van der Waals surface area contributed by atoms with Gasteiger partial charge < -0.3 is 19.7 Å². The van der Waals surface area contributed by atoms with Gasteiger partial charge in [0.2, 0.25) is 5.88 Å². The minimum absolute atomic E-state index is 0.251. The predicted molar refractivity (Wildman–Crippen MR) is 89.3 cm³/mol. The van der Waals surface area contributed by atoms with Crippen molar-refractivity contribution >= 4 is 11.7 Å². The van der Waals surface area contributed by atoms with E-state index in [0.29, 0.717) is 19.1 Å². The van der Waals surface area contributed by atoms with Crippen molar-refractivity contribution in [1.82, 2.24) is 15.3 Å². The fraction of sp³-hybridized carbons (Fsp3) is 0.353. The van der Waals surface area contributed by atoms with Gasteiger partial charge in [-0.3, -0.25) is 4.79 Å². The van der Waals surface area contributed by atoms with Crippen molar-refractivity contribution in [1.29, 1.82) is 0 Å². The SMILES string of the molecule is O=C(NCCOc1cc(N2CCOCC2)ncn1)c1cccc(F)c1. The van der Waals surface area contributed by atoms with Crippen LogP contribution >= 0.6 is 0 Å². The lowest BCUT2D eigenvalue weighted by molar-refractivity contribution is 0.0946. The molecule has 132 valence electrons. The first kappa shape index (κ1) is 17.1. The average Bonchev–Trinajstić information content (AvgIpc) is 2.66. The highest BCUT2D eigenvalue weighted by Crippen LogP contribution is 2.16. The van der Waals surface area contributed by atoms with Crippen molar-refractivity contribution in [2.24, 2.45) is 0 Å². The molecule has 7 nitrogen and oxygen atoms in total. The highest BCUT2D eigenvalue weighted by Gasteiger charge is 2.13. The monoisotopic (exact) mass is 346 g/mol. The lowest BCUT2D eigenvalue weighted by atomic mass is 10.2. The third kappa shape index (κ3) is 4.87. The van der Waals surface area contributed by atoms with Crippen molar-refractivity contribution in [2.75, 3.05) is 44.4 Å². The van der Waals surface area contributed by atoms with E-state index in [2.05, 4.69) is 20.2 Å². The fourth-order valence-electron chi connectivity index (χ4n) is 2.43. The van der Waals surface area contributed by atoms with E-state index in [1.807, 2.05) is 0 Å². The van der Waals surface area contributed by atoms with Crippen LogP contribution in [0.15, 0.2) is 36.7 Å².